The van der Waals surface area contributed by atoms with Crippen LogP contribution in [0.25, 0.3) is 0 Å². The van der Waals surface area contributed by atoms with E-state index in [-0.39, 0.29) is 0 Å². The highest BCUT2D eigenvalue weighted by molar-refractivity contribution is 5.29. The van der Waals surface area contributed by atoms with E-state index < -0.39 is 0 Å². The smallest absolute Gasteiger partial charge is 0.00958 e. The van der Waals surface area contributed by atoms with Gasteiger partial charge in [0.25, 0.3) is 0 Å². The lowest BCUT2D eigenvalue weighted by atomic mass is 9.77. The second-order valence-electron chi connectivity index (χ2n) is 6.49. The van der Waals surface area contributed by atoms with Crippen LogP contribution in [0, 0.1) is 12.3 Å². The quantitative estimate of drug-likeness (QED) is 0.496. The average molecular weight is 271 g/mol. The number of hydrogen-bond acceptors (Lipinski definition) is 0. The second kappa shape index (κ2) is 8.49. The van der Waals surface area contributed by atoms with E-state index in [2.05, 4.69) is 44.5 Å². The van der Waals surface area contributed by atoms with Crippen molar-refractivity contribution in [2.24, 2.45) is 5.92 Å². The van der Waals surface area contributed by atoms with Gasteiger partial charge in [0, 0.05) is 0 Å². The zero-order valence-electron chi connectivity index (χ0n) is 13.4. The Kier molecular flexibility index (Phi) is 6.63. The molecule has 1 aromatic carbocycles. The van der Waals surface area contributed by atoms with Gasteiger partial charge in [-0.2, -0.15) is 0 Å². The normalized spacial score (nSPS) is 22.9. The van der Waals surface area contributed by atoms with Crippen LogP contribution in [-0.2, 0) is 0 Å². The molecule has 20 heavy (non-hydrogen) atoms. The summed E-state index contributed by atoms with van der Waals surface area (Å²) in [6.07, 6.45) is 14.9. The van der Waals surface area contributed by atoms with Crippen molar-refractivity contribution in [1.29, 1.82) is 0 Å². The van der Waals surface area contributed by atoms with Crippen molar-refractivity contribution in [2.75, 3.05) is 0 Å². The third kappa shape index (κ3) is 4.65. The summed E-state index contributed by atoms with van der Waals surface area (Å²) in [6, 6.07) is 9.32. The van der Waals surface area contributed by atoms with Gasteiger partial charge < -0.3 is 0 Å². The van der Waals surface area contributed by atoms with Crippen molar-refractivity contribution in [1.82, 2.24) is 0 Å². The lowest BCUT2D eigenvalue weighted by Crippen LogP contribution is -2.13. The molecule has 0 amide bonds. The van der Waals surface area contributed by atoms with Gasteiger partial charge in [-0.3, -0.25) is 0 Å². The molecule has 1 aliphatic carbocycles. The highest BCUT2D eigenvalue weighted by atomic mass is 14.3. The standard InChI is InChI=1S/C20H31/c1-3-5-6-8-18-11-15-20(16-12-18)19-13-9-17(7-4-2)10-14-19/h7,9-10,13-14,18,20H,3-6,8,11-12,15-16H2,1-2H3. The van der Waals surface area contributed by atoms with Crippen LogP contribution in [0.15, 0.2) is 24.3 Å². The predicted octanol–water partition coefficient (Wildman–Crippen LogP) is 6.50. The molecule has 0 spiro atoms. The zero-order valence-corrected chi connectivity index (χ0v) is 13.4. The fraction of sp³-hybridized carbons (Fsp3) is 0.650. The van der Waals surface area contributed by atoms with Crippen molar-refractivity contribution < 1.29 is 0 Å². The van der Waals surface area contributed by atoms with Crippen molar-refractivity contribution >= 4 is 0 Å². The fourth-order valence-corrected chi connectivity index (χ4v) is 3.61. The highest BCUT2D eigenvalue weighted by Crippen LogP contribution is 2.37. The summed E-state index contributed by atoms with van der Waals surface area (Å²) in [5, 5.41) is 0. The van der Waals surface area contributed by atoms with E-state index in [0.29, 0.717) is 0 Å². The van der Waals surface area contributed by atoms with E-state index >= 15 is 0 Å². The molecule has 1 aliphatic rings. The molecule has 1 saturated carbocycles. The molecule has 0 aliphatic heterocycles. The van der Waals surface area contributed by atoms with Crippen LogP contribution in [-0.4, -0.2) is 0 Å². The molecule has 0 aromatic heterocycles. The Morgan fingerprint density at radius 1 is 0.950 bits per heavy atom. The molecule has 1 fully saturated rings. The molecule has 0 N–H and O–H groups in total. The highest BCUT2D eigenvalue weighted by Gasteiger charge is 2.21. The van der Waals surface area contributed by atoms with Gasteiger partial charge in [0.1, 0.15) is 0 Å². The Bertz CT molecular complexity index is 354. The van der Waals surface area contributed by atoms with Gasteiger partial charge >= 0.3 is 0 Å². The number of rotatable bonds is 7. The minimum atomic E-state index is 0.827. The van der Waals surface area contributed by atoms with Crippen LogP contribution in [0.2, 0.25) is 0 Å². The van der Waals surface area contributed by atoms with Gasteiger partial charge in [-0.15, -0.1) is 0 Å². The monoisotopic (exact) mass is 271 g/mol. The van der Waals surface area contributed by atoms with Crippen LogP contribution in [0.3, 0.4) is 0 Å². The molecule has 0 heteroatoms. The lowest BCUT2D eigenvalue weighted by Gasteiger charge is -2.29. The molecular formula is C20H31. The Hall–Kier alpha value is -0.780. The Balaban J connectivity index is 1.78. The minimum absolute atomic E-state index is 0.827. The summed E-state index contributed by atoms with van der Waals surface area (Å²) < 4.78 is 0. The van der Waals surface area contributed by atoms with Crippen LogP contribution in [0.5, 0.6) is 0 Å². The topological polar surface area (TPSA) is 0 Å². The number of unbranched alkanes of at least 4 members (excludes halogenated alkanes) is 2. The SMILES string of the molecule is CC[CH]c1ccc(C2CCC(CCCCC)CC2)cc1. The molecule has 111 valence electrons. The number of hydrogen-bond donors (Lipinski definition) is 0. The van der Waals surface area contributed by atoms with Crippen molar-refractivity contribution in [2.45, 2.75) is 77.6 Å². The molecule has 0 nitrogen and oxygen atoms in total. The van der Waals surface area contributed by atoms with Crippen LogP contribution in [0.4, 0.5) is 0 Å². The van der Waals surface area contributed by atoms with Gasteiger partial charge in [-0.1, -0.05) is 63.8 Å². The first-order valence-corrected chi connectivity index (χ1v) is 8.76. The third-order valence-electron chi connectivity index (χ3n) is 4.91. The summed E-state index contributed by atoms with van der Waals surface area (Å²) in [5.74, 6) is 1.85. The van der Waals surface area contributed by atoms with E-state index in [0.717, 1.165) is 18.3 Å². The molecule has 0 heterocycles. The first kappa shape index (κ1) is 15.6. The van der Waals surface area contributed by atoms with Gasteiger partial charge in [0.2, 0.25) is 0 Å². The Morgan fingerprint density at radius 3 is 2.25 bits per heavy atom. The van der Waals surface area contributed by atoms with Gasteiger partial charge in [0.05, 0.1) is 0 Å². The molecular weight excluding hydrogens is 240 g/mol. The lowest BCUT2D eigenvalue weighted by molar-refractivity contribution is 0.303. The third-order valence-corrected chi connectivity index (χ3v) is 4.91. The first-order valence-electron chi connectivity index (χ1n) is 8.76. The van der Waals surface area contributed by atoms with Crippen LogP contribution in [0.1, 0.15) is 88.7 Å². The largest absolute Gasteiger partial charge is 0.0654 e. The maximum atomic E-state index is 2.36. The van der Waals surface area contributed by atoms with E-state index in [1.54, 1.807) is 5.56 Å². The molecule has 0 saturated heterocycles. The van der Waals surface area contributed by atoms with Crippen molar-refractivity contribution in [3.63, 3.8) is 0 Å². The molecule has 1 radical (unpaired) electrons. The molecule has 2 rings (SSSR count). The summed E-state index contributed by atoms with van der Waals surface area (Å²) in [6.45, 7) is 4.50. The fourth-order valence-electron chi connectivity index (χ4n) is 3.61. The maximum Gasteiger partial charge on any atom is -0.00958 e. The van der Waals surface area contributed by atoms with Gasteiger partial charge in [0.15, 0.2) is 0 Å². The Labute approximate surface area is 126 Å². The first-order chi connectivity index (χ1) is 9.83. The summed E-state index contributed by atoms with van der Waals surface area (Å²) >= 11 is 0. The average Bonchev–Trinajstić information content (AvgIpc) is 2.49. The predicted molar refractivity (Wildman–Crippen MR) is 89.0 cm³/mol. The second-order valence-corrected chi connectivity index (χ2v) is 6.49. The molecule has 0 bridgehead atoms. The van der Waals surface area contributed by atoms with Crippen LogP contribution >= 0.6 is 0 Å². The summed E-state index contributed by atoms with van der Waals surface area (Å²) in [7, 11) is 0. The van der Waals surface area contributed by atoms with E-state index in [1.807, 2.05) is 0 Å². The summed E-state index contributed by atoms with van der Waals surface area (Å²) in [4.78, 5) is 0. The Morgan fingerprint density at radius 2 is 1.65 bits per heavy atom. The van der Waals surface area contributed by atoms with E-state index in [1.165, 1.54) is 56.9 Å². The van der Waals surface area contributed by atoms with Crippen molar-refractivity contribution in [3.05, 3.63) is 41.8 Å². The minimum Gasteiger partial charge on any atom is -0.0654 e. The van der Waals surface area contributed by atoms with Crippen molar-refractivity contribution in [3.8, 4) is 0 Å². The van der Waals surface area contributed by atoms with E-state index in [9.17, 15) is 0 Å². The molecule has 0 atom stereocenters. The molecule has 0 unspecified atom stereocenters. The maximum absolute atomic E-state index is 2.36. The van der Waals surface area contributed by atoms with Gasteiger partial charge in [-0.25, -0.2) is 0 Å². The number of benzene rings is 1. The van der Waals surface area contributed by atoms with Crippen LogP contribution < -0.4 is 0 Å². The molecule has 1 aromatic rings. The summed E-state index contributed by atoms with van der Waals surface area (Å²) in [5.41, 5.74) is 2.95. The van der Waals surface area contributed by atoms with E-state index in [4.69, 9.17) is 0 Å². The van der Waals surface area contributed by atoms with Gasteiger partial charge in [-0.05, 0) is 61.5 Å². The zero-order chi connectivity index (χ0) is 14.2.